The summed E-state index contributed by atoms with van der Waals surface area (Å²) in [5, 5.41) is 2.58. The van der Waals surface area contributed by atoms with E-state index in [4.69, 9.17) is 5.73 Å². The SMILES string of the molecule is CNC(=O)C(C)CN(C)c1cc(F)c(I)cc1N. The minimum atomic E-state index is -0.306. The molecule has 1 rings (SSSR count). The molecule has 1 aromatic rings. The fourth-order valence-corrected chi connectivity index (χ4v) is 2.21. The predicted octanol–water partition coefficient (Wildman–Crippen LogP) is 1.83. The van der Waals surface area contributed by atoms with Crippen molar-refractivity contribution < 1.29 is 9.18 Å². The molecule has 100 valence electrons. The van der Waals surface area contributed by atoms with Crippen LogP contribution < -0.4 is 16.0 Å². The summed E-state index contributed by atoms with van der Waals surface area (Å²) in [6.45, 7) is 2.29. The van der Waals surface area contributed by atoms with Crippen molar-refractivity contribution in [3.63, 3.8) is 0 Å². The number of carbonyl (C=O) groups excluding carboxylic acids is 1. The van der Waals surface area contributed by atoms with Crippen LogP contribution >= 0.6 is 22.6 Å². The van der Waals surface area contributed by atoms with Gasteiger partial charge in [-0.05, 0) is 28.7 Å². The average Bonchev–Trinajstić information content (AvgIpc) is 2.32. The number of nitrogens with two attached hydrogens (primary N) is 1. The van der Waals surface area contributed by atoms with Crippen LogP contribution in [0.3, 0.4) is 0 Å². The van der Waals surface area contributed by atoms with Gasteiger partial charge in [-0.25, -0.2) is 4.39 Å². The van der Waals surface area contributed by atoms with Gasteiger partial charge in [-0.1, -0.05) is 6.92 Å². The lowest BCUT2D eigenvalue weighted by atomic mass is 10.1. The van der Waals surface area contributed by atoms with Gasteiger partial charge in [0.2, 0.25) is 5.91 Å². The minimum Gasteiger partial charge on any atom is -0.397 e. The fourth-order valence-electron chi connectivity index (χ4n) is 1.72. The summed E-state index contributed by atoms with van der Waals surface area (Å²) in [5.74, 6) is -0.549. The molecule has 1 aromatic carbocycles. The summed E-state index contributed by atoms with van der Waals surface area (Å²) >= 11 is 1.89. The minimum absolute atomic E-state index is 0.0496. The number of anilines is 2. The van der Waals surface area contributed by atoms with E-state index in [0.717, 1.165) is 0 Å². The van der Waals surface area contributed by atoms with E-state index in [1.807, 2.05) is 29.5 Å². The van der Waals surface area contributed by atoms with Crippen molar-refractivity contribution in [2.24, 2.45) is 5.92 Å². The number of nitrogens with one attached hydrogen (secondary N) is 1. The molecular weight excluding hydrogens is 348 g/mol. The number of carbonyl (C=O) groups is 1. The number of hydrogen-bond acceptors (Lipinski definition) is 3. The van der Waals surface area contributed by atoms with Crippen molar-refractivity contribution in [2.45, 2.75) is 6.92 Å². The van der Waals surface area contributed by atoms with E-state index in [9.17, 15) is 9.18 Å². The molecule has 0 aliphatic carbocycles. The Morgan fingerprint density at radius 3 is 2.78 bits per heavy atom. The van der Waals surface area contributed by atoms with E-state index in [-0.39, 0.29) is 17.6 Å². The third-order valence-electron chi connectivity index (χ3n) is 2.72. The predicted molar refractivity (Wildman–Crippen MR) is 80.0 cm³/mol. The van der Waals surface area contributed by atoms with E-state index in [1.54, 1.807) is 25.1 Å². The molecule has 0 radical (unpaired) electrons. The van der Waals surface area contributed by atoms with Gasteiger partial charge in [-0.3, -0.25) is 4.79 Å². The Bertz CT molecular complexity index is 453. The Morgan fingerprint density at radius 1 is 1.61 bits per heavy atom. The Kier molecular flexibility index (Phi) is 5.18. The van der Waals surface area contributed by atoms with Crippen molar-refractivity contribution in [3.8, 4) is 0 Å². The molecule has 0 aliphatic rings. The zero-order valence-electron chi connectivity index (χ0n) is 10.6. The number of amides is 1. The molecule has 4 nitrogen and oxygen atoms in total. The topological polar surface area (TPSA) is 58.4 Å². The summed E-state index contributed by atoms with van der Waals surface area (Å²) in [7, 11) is 3.38. The maximum Gasteiger partial charge on any atom is 0.224 e. The van der Waals surface area contributed by atoms with Crippen molar-refractivity contribution in [1.29, 1.82) is 0 Å². The summed E-state index contributed by atoms with van der Waals surface area (Å²) in [6.07, 6.45) is 0. The molecule has 0 fully saturated rings. The summed E-state index contributed by atoms with van der Waals surface area (Å²) in [5.41, 5.74) is 6.97. The van der Waals surface area contributed by atoms with Crippen LogP contribution in [0.15, 0.2) is 12.1 Å². The number of hydrogen-bond donors (Lipinski definition) is 2. The van der Waals surface area contributed by atoms with Gasteiger partial charge in [0.15, 0.2) is 0 Å². The monoisotopic (exact) mass is 365 g/mol. The molecule has 6 heteroatoms. The molecule has 18 heavy (non-hydrogen) atoms. The molecule has 0 bridgehead atoms. The van der Waals surface area contributed by atoms with Crippen LogP contribution in [0.4, 0.5) is 15.8 Å². The molecule has 3 N–H and O–H groups in total. The second-order valence-electron chi connectivity index (χ2n) is 4.22. The molecule has 0 aromatic heterocycles. The number of halogens is 2. The van der Waals surface area contributed by atoms with Crippen molar-refractivity contribution in [3.05, 3.63) is 21.5 Å². The van der Waals surface area contributed by atoms with E-state index >= 15 is 0 Å². The first-order chi connectivity index (χ1) is 8.36. The Labute approximate surface area is 120 Å². The van der Waals surface area contributed by atoms with E-state index in [1.165, 1.54) is 6.07 Å². The molecule has 1 unspecified atom stereocenters. The van der Waals surface area contributed by atoms with Crippen LogP contribution in [0.1, 0.15) is 6.92 Å². The first-order valence-electron chi connectivity index (χ1n) is 5.54. The van der Waals surface area contributed by atoms with Gasteiger partial charge in [0.25, 0.3) is 0 Å². The van der Waals surface area contributed by atoms with Gasteiger partial charge in [-0.15, -0.1) is 0 Å². The molecule has 0 saturated carbocycles. The van der Waals surface area contributed by atoms with Crippen LogP contribution in [0.2, 0.25) is 0 Å². The fraction of sp³-hybridized carbons (Fsp3) is 0.417. The second kappa shape index (κ2) is 6.21. The molecule has 0 spiro atoms. The largest absolute Gasteiger partial charge is 0.397 e. The highest BCUT2D eigenvalue weighted by Gasteiger charge is 2.16. The maximum atomic E-state index is 13.5. The standard InChI is InChI=1S/C12H17FIN3O/c1-7(12(18)16-2)6-17(3)11-4-8(13)9(14)5-10(11)15/h4-5,7H,6,15H2,1-3H3,(H,16,18). The van der Waals surface area contributed by atoms with E-state index in [0.29, 0.717) is 21.5 Å². The van der Waals surface area contributed by atoms with Crippen molar-refractivity contribution >= 4 is 39.9 Å². The lowest BCUT2D eigenvalue weighted by Gasteiger charge is -2.24. The smallest absolute Gasteiger partial charge is 0.224 e. The summed E-state index contributed by atoms with van der Waals surface area (Å²) in [6, 6.07) is 2.99. The van der Waals surface area contributed by atoms with E-state index in [2.05, 4.69) is 5.32 Å². The Balaban J connectivity index is 2.87. The lowest BCUT2D eigenvalue weighted by molar-refractivity contribution is -0.123. The second-order valence-corrected chi connectivity index (χ2v) is 5.38. The number of nitrogens with zero attached hydrogens (tertiary/aromatic N) is 1. The van der Waals surface area contributed by atoms with Crippen LogP contribution in [0, 0.1) is 15.3 Å². The Morgan fingerprint density at radius 2 is 2.22 bits per heavy atom. The highest BCUT2D eigenvalue weighted by atomic mass is 127. The molecule has 0 aliphatic heterocycles. The van der Waals surface area contributed by atoms with Gasteiger partial charge >= 0.3 is 0 Å². The molecule has 0 heterocycles. The van der Waals surface area contributed by atoms with Crippen LogP contribution in [0.5, 0.6) is 0 Å². The van der Waals surface area contributed by atoms with Gasteiger partial charge < -0.3 is 16.0 Å². The Hall–Kier alpha value is -1.05. The zero-order valence-corrected chi connectivity index (χ0v) is 12.8. The zero-order chi connectivity index (χ0) is 13.9. The molecule has 0 saturated heterocycles. The third kappa shape index (κ3) is 3.47. The first-order valence-corrected chi connectivity index (χ1v) is 6.62. The van der Waals surface area contributed by atoms with Crippen molar-refractivity contribution in [1.82, 2.24) is 5.32 Å². The van der Waals surface area contributed by atoms with Crippen LogP contribution in [-0.2, 0) is 4.79 Å². The highest BCUT2D eigenvalue weighted by molar-refractivity contribution is 14.1. The quantitative estimate of drug-likeness (QED) is 0.632. The summed E-state index contributed by atoms with van der Waals surface area (Å²) in [4.78, 5) is 13.2. The maximum absolute atomic E-state index is 13.5. The molecule has 1 atom stereocenters. The molecular formula is C12H17FIN3O. The number of rotatable bonds is 4. The molecule has 1 amide bonds. The van der Waals surface area contributed by atoms with Gasteiger partial charge in [-0.2, -0.15) is 0 Å². The van der Waals surface area contributed by atoms with Crippen LogP contribution in [0.25, 0.3) is 0 Å². The number of nitrogen functional groups attached to an aromatic ring is 1. The van der Waals surface area contributed by atoms with E-state index < -0.39 is 0 Å². The van der Waals surface area contributed by atoms with Gasteiger partial charge in [0, 0.05) is 26.7 Å². The first kappa shape index (κ1) is 15.0. The normalized spacial score (nSPS) is 12.1. The summed E-state index contributed by atoms with van der Waals surface area (Å²) < 4.78 is 14.0. The van der Waals surface area contributed by atoms with Gasteiger partial charge in [0.05, 0.1) is 20.9 Å². The van der Waals surface area contributed by atoms with Crippen molar-refractivity contribution in [2.75, 3.05) is 31.3 Å². The number of benzene rings is 1. The third-order valence-corrected chi connectivity index (χ3v) is 3.55. The van der Waals surface area contributed by atoms with Gasteiger partial charge in [0.1, 0.15) is 5.82 Å². The van der Waals surface area contributed by atoms with Crippen LogP contribution in [-0.4, -0.2) is 26.5 Å². The highest BCUT2D eigenvalue weighted by Crippen LogP contribution is 2.27. The average molecular weight is 365 g/mol. The lowest BCUT2D eigenvalue weighted by Crippen LogP contribution is -2.34.